The van der Waals surface area contributed by atoms with Crippen molar-refractivity contribution in [2.24, 2.45) is 0 Å². The molecule has 0 atom stereocenters. The molecule has 3 aromatic heterocycles. The second-order valence-electron chi connectivity index (χ2n) is 14.0. The minimum Gasteiger partial charge on any atom is -0.509 e. The molecule has 0 aliphatic carbocycles. The van der Waals surface area contributed by atoms with E-state index in [1.807, 2.05) is 47.4 Å². The number of hydrogen-bond acceptors (Lipinski definition) is 3. The Morgan fingerprint density at radius 1 is 0.723 bits per heavy atom. The van der Waals surface area contributed by atoms with Crippen LogP contribution in [0.2, 0.25) is 0 Å². The van der Waals surface area contributed by atoms with Crippen molar-refractivity contribution in [2.45, 2.75) is 59.3 Å². The number of benzene rings is 4. The second-order valence-corrected chi connectivity index (χ2v) is 14.0. The van der Waals surface area contributed by atoms with Crippen LogP contribution in [0.5, 0.6) is 11.5 Å². The zero-order valence-corrected chi connectivity index (χ0v) is 30.1. The van der Waals surface area contributed by atoms with Crippen molar-refractivity contribution in [3.8, 4) is 34.1 Å². The predicted octanol–water partition coefficient (Wildman–Crippen LogP) is 10.3. The number of aryl methyl sites for hydroxylation is 1. The third kappa shape index (κ3) is 6.17. The molecule has 0 aliphatic heterocycles. The fourth-order valence-electron chi connectivity index (χ4n) is 6.26. The smallest absolute Gasteiger partial charge is 0.509 e. The quantitative estimate of drug-likeness (QED) is 0.163. The Morgan fingerprint density at radius 2 is 1.43 bits per heavy atom. The molecule has 3 heterocycles. The molecule has 47 heavy (non-hydrogen) atoms. The number of nitrogens with zero attached hydrogens (tertiary/aromatic N) is 4. The van der Waals surface area contributed by atoms with E-state index in [-0.39, 0.29) is 31.9 Å². The largest absolute Gasteiger partial charge is 2.00 e. The molecule has 4 aromatic carbocycles. The van der Waals surface area contributed by atoms with Gasteiger partial charge in [-0.2, -0.15) is 17.2 Å². The molecule has 0 amide bonds. The van der Waals surface area contributed by atoms with Crippen LogP contribution in [0, 0.1) is 19.1 Å². The maximum absolute atomic E-state index is 6.39. The van der Waals surface area contributed by atoms with Crippen molar-refractivity contribution < 1.29 is 25.8 Å². The monoisotopic (exact) mass is 797 g/mol. The number of rotatable bonds is 5. The normalized spacial score (nSPS) is 12.0. The Bertz CT molecular complexity index is 2200. The van der Waals surface area contributed by atoms with Crippen LogP contribution in [0.1, 0.15) is 58.2 Å². The average Bonchev–Trinajstić information content (AvgIpc) is 3.63. The summed E-state index contributed by atoms with van der Waals surface area (Å²) >= 11 is 0. The maximum atomic E-state index is 6.39. The zero-order valence-electron chi connectivity index (χ0n) is 27.8. The Labute approximate surface area is 291 Å². The Balaban J connectivity index is 0.00000386. The van der Waals surface area contributed by atoms with E-state index in [2.05, 4.69) is 131 Å². The van der Waals surface area contributed by atoms with Crippen LogP contribution in [0.25, 0.3) is 44.4 Å². The van der Waals surface area contributed by atoms with Gasteiger partial charge in [0.2, 0.25) is 0 Å². The van der Waals surface area contributed by atoms with Crippen LogP contribution in [0.4, 0.5) is 0 Å². The number of fused-ring (bicyclic) bond motifs is 3. The van der Waals surface area contributed by atoms with E-state index in [9.17, 15) is 0 Å². The molecule has 238 valence electrons. The van der Waals surface area contributed by atoms with E-state index in [1.165, 1.54) is 16.7 Å². The van der Waals surface area contributed by atoms with Crippen molar-refractivity contribution in [1.82, 2.24) is 19.3 Å². The van der Waals surface area contributed by atoms with Gasteiger partial charge in [-0.1, -0.05) is 83.5 Å². The van der Waals surface area contributed by atoms with E-state index < -0.39 is 0 Å². The third-order valence-electron chi connectivity index (χ3n) is 8.46. The number of hydrogen-bond donors (Lipinski definition) is 0. The summed E-state index contributed by atoms with van der Waals surface area (Å²) < 4.78 is 10.4. The summed E-state index contributed by atoms with van der Waals surface area (Å²) in [5.41, 5.74) is 8.87. The van der Waals surface area contributed by atoms with Gasteiger partial charge in [-0.15, -0.1) is 35.7 Å². The summed E-state index contributed by atoms with van der Waals surface area (Å²) in [6.07, 6.45) is 5.90. The molecular weight excluding hydrogens is 760 g/mol. The van der Waals surface area contributed by atoms with Crippen molar-refractivity contribution in [2.75, 3.05) is 0 Å². The van der Waals surface area contributed by atoms with E-state index in [0.717, 1.165) is 44.4 Å². The van der Waals surface area contributed by atoms with Crippen LogP contribution >= 0.6 is 0 Å². The van der Waals surface area contributed by atoms with Crippen molar-refractivity contribution in [3.63, 3.8) is 0 Å². The topological polar surface area (TPSA) is 44.9 Å². The third-order valence-corrected chi connectivity index (χ3v) is 8.46. The van der Waals surface area contributed by atoms with Crippen molar-refractivity contribution in [3.05, 3.63) is 132 Å². The summed E-state index contributed by atoms with van der Waals surface area (Å²) in [7, 11) is 0. The molecule has 0 saturated carbocycles. The molecule has 0 aliphatic rings. The van der Waals surface area contributed by atoms with Gasteiger partial charge in [0.05, 0.1) is 6.20 Å². The molecule has 7 aromatic rings. The first-order valence-corrected chi connectivity index (χ1v) is 15.8. The molecule has 5 nitrogen and oxygen atoms in total. The van der Waals surface area contributed by atoms with Gasteiger partial charge in [-0.3, -0.25) is 4.68 Å². The minimum atomic E-state index is -0.0166. The summed E-state index contributed by atoms with van der Waals surface area (Å²) in [5, 5.41) is 7.03. The summed E-state index contributed by atoms with van der Waals surface area (Å²) in [5.74, 6) is 2.05. The van der Waals surface area contributed by atoms with E-state index in [4.69, 9.17) is 9.84 Å². The summed E-state index contributed by atoms with van der Waals surface area (Å²) in [4.78, 5) is 4.69. The molecule has 0 fully saturated rings. The maximum Gasteiger partial charge on any atom is 2.00 e. The number of ether oxygens (including phenoxy) is 1. The van der Waals surface area contributed by atoms with Crippen LogP contribution in [-0.4, -0.2) is 19.3 Å². The van der Waals surface area contributed by atoms with Gasteiger partial charge in [0.1, 0.15) is 5.82 Å². The van der Waals surface area contributed by atoms with Gasteiger partial charge in [-0.25, -0.2) is 4.98 Å². The van der Waals surface area contributed by atoms with Gasteiger partial charge in [0.25, 0.3) is 0 Å². The molecule has 0 unspecified atom stereocenters. The summed E-state index contributed by atoms with van der Waals surface area (Å²) in [6, 6.07) is 36.0. The molecule has 0 radical (unpaired) electrons. The van der Waals surface area contributed by atoms with E-state index >= 15 is 0 Å². The van der Waals surface area contributed by atoms with Gasteiger partial charge in [-0.05, 0) is 69.3 Å². The number of pyridine rings is 1. The van der Waals surface area contributed by atoms with Gasteiger partial charge < -0.3 is 9.30 Å². The molecule has 0 saturated heterocycles. The Kier molecular flexibility index (Phi) is 8.48. The van der Waals surface area contributed by atoms with Crippen LogP contribution < -0.4 is 4.74 Å². The first-order valence-electron chi connectivity index (χ1n) is 15.8. The molecule has 0 bridgehead atoms. The Hall–Kier alpha value is -4.47. The SMILES string of the molecule is Cc1ccnc(-n2c3[c-]c(Oc4[c-]c(-n5cc(-c6c(C(C)(C)C)cccc6C(C)(C)C)cn5)ccc4)ccc3c3ccccc32)c1.[Pt+2]. The fourth-order valence-corrected chi connectivity index (χ4v) is 6.26. The molecular formula is C41H38N4OPt. The predicted molar refractivity (Wildman–Crippen MR) is 187 cm³/mol. The average molecular weight is 798 g/mol. The van der Waals surface area contributed by atoms with Gasteiger partial charge in [0.15, 0.2) is 0 Å². The van der Waals surface area contributed by atoms with Gasteiger partial charge in [0, 0.05) is 35.0 Å². The summed E-state index contributed by atoms with van der Waals surface area (Å²) in [6.45, 7) is 15.7. The van der Waals surface area contributed by atoms with Gasteiger partial charge >= 0.3 is 21.1 Å². The fraction of sp³-hybridized carbons (Fsp3) is 0.220. The molecule has 0 N–H and O–H groups in total. The van der Waals surface area contributed by atoms with Crippen LogP contribution in [0.15, 0.2) is 104 Å². The number of aromatic nitrogens is 4. The molecule has 0 spiro atoms. The first kappa shape index (κ1) is 32.5. The van der Waals surface area contributed by atoms with E-state index in [1.54, 1.807) is 0 Å². The standard InChI is InChI=1S/C41H38N4O.Pt/c1-27-20-21-42-38(22-27)45-36-17-9-8-14-32(36)33-19-18-31(24-37(33)45)46-30-13-10-12-29(23-30)44-26-28(25-43-44)39-34(40(2,3)4)15-11-16-35(39)41(5,6)7;/h8-22,25-26H,1-7H3;/q-2;+2. The molecule has 6 heteroatoms. The van der Waals surface area contributed by atoms with Crippen molar-refractivity contribution in [1.29, 1.82) is 0 Å². The second kappa shape index (κ2) is 12.3. The first-order chi connectivity index (χ1) is 22.0. The van der Waals surface area contributed by atoms with Crippen LogP contribution in [-0.2, 0) is 31.9 Å². The Morgan fingerprint density at radius 3 is 2.15 bits per heavy atom. The van der Waals surface area contributed by atoms with Crippen LogP contribution in [0.3, 0.4) is 0 Å². The molecule has 7 rings (SSSR count). The van der Waals surface area contributed by atoms with Crippen molar-refractivity contribution >= 4 is 21.8 Å². The zero-order chi connectivity index (χ0) is 32.2. The van der Waals surface area contributed by atoms with E-state index in [0.29, 0.717) is 11.5 Å². The minimum absolute atomic E-state index is 0. The number of para-hydroxylation sites is 1.